The number of rotatable bonds is 13. The molecule has 0 aliphatic rings. The number of ether oxygens (including phenoxy) is 1. The minimum atomic E-state index is -1.05. The van der Waals surface area contributed by atoms with Crippen LogP contribution in [0, 0.1) is 6.92 Å². The van der Waals surface area contributed by atoms with Crippen molar-refractivity contribution < 1.29 is 23.8 Å². The summed E-state index contributed by atoms with van der Waals surface area (Å²) in [5, 5.41) is 12.4. The lowest BCUT2D eigenvalue weighted by Crippen LogP contribution is -2.41. The number of carboxylic acid groups (broad SMARTS) is 1. The van der Waals surface area contributed by atoms with Crippen molar-refractivity contribution in [3.8, 4) is 11.1 Å². The number of hydrogen-bond donors (Lipinski definition) is 2. The smallest absolute Gasteiger partial charge is 0.326 e. The second kappa shape index (κ2) is 13.8. The first-order valence-electron chi connectivity index (χ1n) is 12.9. The predicted octanol–water partition coefficient (Wildman–Crippen LogP) is 6.54. The van der Waals surface area contributed by atoms with E-state index in [0.717, 1.165) is 23.1 Å². The van der Waals surface area contributed by atoms with Crippen LogP contribution in [0.3, 0.4) is 0 Å². The van der Waals surface area contributed by atoms with Crippen molar-refractivity contribution in [3.05, 3.63) is 119 Å². The normalized spacial score (nSPS) is 12.6. The van der Waals surface area contributed by atoms with Crippen LogP contribution in [0.4, 0.5) is 0 Å². The minimum absolute atomic E-state index is 0.343. The van der Waals surface area contributed by atoms with E-state index < -0.39 is 24.0 Å². The highest BCUT2D eigenvalue weighted by Gasteiger charge is 2.25. The molecule has 6 nitrogen and oxygen atoms in total. The van der Waals surface area contributed by atoms with Gasteiger partial charge in [-0.3, -0.25) is 4.79 Å². The maximum atomic E-state index is 13.4. The monoisotopic (exact) mass is 543 g/mol. The second-order valence-electron chi connectivity index (χ2n) is 9.27. The zero-order valence-electron chi connectivity index (χ0n) is 22.1. The molecule has 7 heteroatoms. The first-order valence-corrected chi connectivity index (χ1v) is 14.3. The number of aliphatic carboxylic acids is 1. The molecule has 4 aromatic rings. The third-order valence-electron chi connectivity index (χ3n) is 6.56. The van der Waals surface area contributed by atoms with Gasteiger partial charge < -0.3 is 19.6 Å². The Morgan fingerprint density at radius 1 is 0.974 bits per heavy atom. The fourth-order valence-corrected chi connectivity index (χ4v) is 4.94. The molecule has 0 aliphatic heterocycles. The first-order chi connectivity index (χ1) is 19.0. The van der Waals surface area contributed by atoms with Gasteiger partial charge in [0.2, 0.25) is 0 Å². The van der Waals surface area contributed by atoms with Crippen LogP contribution in [-0.2, 0) is 16.0 Å². The Morgan fingerprint density at radius 3 is 2.44 bits per heavy atom. The third kappa shape index (κ3) is 7.40. The van der Waals surface area contributed by atoms with Crippen molar-refractivity contribution in [2.45, 2.75) is 31.9 Å². The Kier molecular flexibility index (Phi) is 10.00. The molecular formula is C32H33NO5S. The van der Waals surface area contributed by atoms with Crippen molar-refractivity contribution >= 4 is 23.6 Å². The molecule has 2 N–H and O–H groups in total. The molecule has 1 amide bonds. The lowest BCUT2D eigenvalue weighted by Gasteiger charge is -2.21. The Balaban J connectivity index is 1.69. The van der Waals surface area contributed by atoms with E-state index in [4.69, 9.17) is 9.15 Å². The van der Waals surface area contributed by atoms with E-state index in [1.807, 2.05) is 79.9 Å². The van der Waals surface area contributed by atoms with Crippen molar-refractivity contribution in [2.75, 3.05) is 18.6 Å². The lowest BCUT2D eigenvalue weighted by molar-refractivity contribution is -0.139. The van der Waals surface area contributed by atoms with Gasteiger partial charge in [-0.05, 0) is 83.9 Å². The maximum Gasteiger partial charge on any atom is 0.326 e. The molecule has 0 saturated heterocycles. The second-order valence-corrected chi connectivity index (χ2v) is 10.3. The predicted molar refractivity (Wildman–Crippen MR) is 155 cm³/mol. The van der Waals surface area contributed by atoms with Gasteiger partial charge in [0.1, 0.15) is 17.9 Å². The van der Waals surface area contributed by atoms with E-state index in [0.29, 0.717) is 35.7 Å². The number of carbonyl (C=O) groups is 2. The highest BCUT2D eigenvalue weighted by Crippen LogP contribution is 2.34. The van der Waals surface area contributed by atoms with Crippen molar-refractivity contribution in [3.63, 3.8) is 0 Å². The number of thioether (sulfide) groups is 1. The molecule has 1 aromatic heterocycles. The number of aryl methyl sites for hydroxylation is 1. The SMILES string of the molecule is CSCC[C@H](NC(=O)c1ccc(C(OCCc2ccccc2)c2ccco2)cc1-c1ccccc1C)C(=O)O. The molecule has 0 spiro atoms. The molecule has 4 rings (SSSR count). The van der Waals surface area contributed by atoms with Gasteiger partial charge in [-0.25, -0.2) is 4.79 Å². The molecule has 1 unspecified atom stereocenters. The van der Waals surface area contributed by atoms with E-state index in [2.05, 4.69) is 17.4 Å². The molecule has 1 heterocycles. The summed E-state index contributed by atoms with van der Waals surface area (Å²) < 4.78 is 12.1. The van der Waals surface area contributed by atoms with E-state index in [1.165, 1.54) is 5.56 Å². The maximum absolute atomic E-state index is 13.4. The largest absolute Gasteiger partial charge is 0.480 e. The quantitative estimate of drug-likeness (QED) is 0.199. The highest BCUT2D eigenvalue weighted by atomic mass is 32.2. The summed E-state index contributed by atoms with van der Waals surface area (Å²) >= 11 is 1.54. The molecule has 3 aromatic carbocycles. The fraction of sp³-hybridized carbons (Fsp3) is 0.250. The average Bonchev–Trinajstić information content (AvgIpc) is 3.48. The Labute approximate surface area is 233 Å². The topological polar surface area (TPSA) is 88.8 Å². The first kappa shape index (κ1) is 28.2. The van der Waals surface area contributed by atoms with Crippen LogP contribution in [-0.4, -0.2) is 41.6 Å². The summed E-state index contributed by atoms with van der Waals surface area (Å²) in [6.45, 7) is 2.47. The number of amides is 1. The van der Waals surface area contributed by atoms with Gasteiger partial charge in [-0.1, -0.05) is 60.7 Å². The number of furan rings is 1. The van der Waals surface area contributed by atoms with E-state index in [-0.39, 0.29) is 0 Å². The van der Waals surface area contributed by atoms with Gasteiger partial charge in [0, 0.05) is 5.56 Å². The molecular weight excluding hydrogens is 510 g/mol. The minimum Gasteiger partial charge on any atom is -0.480 e. The van der Waals surface area contributed by atoms with Gasteiger partial charge in [0.05, 0.1) is 12.9 Å². The summed E-state index contributed by atoms with van der Waals surface area (Å²) in [6.07, 6.45) is 4.14. The standard InChI is InChI=1S/C32H33NO5S/c1-22-9-6-7-12-25(22)27-21-24(14-15-26(27)31(34)33-28(32(35)36)17-20-39-2)30(29-13-8-18-37-29)38-19-16-23-10-4-3-5-11-23/h3-15,18,21,28,30H,16-17,19-20H2,1-2H3,(H,33,34)(H,35,36)/t28-,30?/m0/s1. The van der Waals surface area contributed by atoms with E-state index in [9.17, 15) is 14.7 Å². The number of carboxylic acids is 1. The number of nitrogens with one attached hydrogen (secondary N) is 1. The number of carbonyl (C=O) groups excluding carboxylic acids is 1. The third-order valence-corrected chi connectivity index (χ3v) is 7.20. The van der Waals surface area contributed by atoms with Crippen LogP contribution < -0.4 is 5.32 Å². The Bertz CT molecular complexity index is 1370. The number of benzene rings is 3. The van der Waals surface area contributed by atoms with Crippen LogP contribution in [0.15, 0.2) is 95.6 Å². The summed E-state index contributed by atoms with van der Waals surface area (Å²) in [4.78, 5) is 25.2. The van der Waals surface area contributed by atoms with Crippen LogP contribution in [0.1, 0.15) is 45.3 Å². The van der Waals surface area contributed by atoms with Crippen molar-refractivity contribution in [1.82, 2.24) is 5.32 Å². The molecule has 2 atom stereocenters. The summed E-state index contributed by atoms with van der Waals surface area (Å²) in [7, 11) is 0. The van der Waals surface area contributed by atoms with Gasteiger partial charge in [-0.2, -0.15) is 11.8 Å². The van der Waals surface area contributed by atoms with Gasteiger partial charge in [-0.15, -0.1) is 0 Å². The average molecular weight is 544 g/mol. The summed E-state index contributed by atoms with van der Waals surface area (Å²) in [6, 6.07) is 26.3. The van der Waals surface area contributed by atoms with Crippen molar-refractivity contribution in [2.24, 2.45) is 0 Å². The molecule has 0 saturated carbocycles. The molecule has 0 aliphatic carbocycles. The van der Waals surface area contributed by atoms with Gasteiger partial charge in [0.15, 0.2) is 0 Å². The zero-order valence-corrected chi connectivity index (χ0v) is 22.9. The Hall–Kier alpha value is -3.81. The van der Waals surface area contributed by atoms with Gasteiger partial charge >= 0.3 is 5.97 Å². The summed E-state index contributed by atoms with van der Waals surface area (Å²) in [5.74, 6) is -0.172. The fourth-order valence-electron chi connectivity index (χ4n) is 4.47. The number of hydrogen-bond acceptors (Lipinski definition) is 5. The van der Waals surface area contributed by atoms with Gasteiger partial charge in [0.25, 0.3) is 5.91 Å². The van der Waals surface area contributed by atoms with Crippen LogP contribution in [0.2, 0.25) is 0 Å². The molecule has 202 valence electrons. The highest BCUT2D eigenvalue weighted by molar-refractivity contribution is 7.98. The lowest BCUT2D eigenvalue weighted by atomic mass is 9.92. The summed E-state index contributed by atoms with van der Waals surface area (Å²) in [5.41, 5.74) is 5.03. The van der Waals surface area contributed by atoms with Crippen LogP contribution >= 0.6 is 11.8 Å². The molecule has 0 radical (unpaired) electrons. The zero-order chi connectivity index (χ0) is 27.6. The molecule has 0 fully saturated rings. The molecule has 39 heavy (non-hydrogen) atoms. The van der Waals surface area contributed by atoms with E-state index >= 15 is 0 Å². The van der Waals surface area contributed by atoms with E-state index in [1.54, 1.807) is 24.1 Å². The van der Waals surface area contributed by atoms with Crippen LogP contribution in [0.5, 0.6) is 0 Å². The Morgan fingerprint density at radius 2 is 1.74 bits per heavy atom. The van der Waals surface area contributed by atoms with Crippen molar-refractivity contribution in [1.29, 1.82) is 0 Å². The molecule has 0 bridgehead atoms. The van der Waals surface area contributed by atoms with Crippen LogP contribution in [0.25, 0.3) is 11.1 Å².